The monoisotopic (exact) mass is 355 g/mol. The summed E-state index contributed by atoms with van der Waals surface area (Å²) in [5, 5.41) is 1.66. The molecule has 1 aromatic heterocycles. The van der Waals surface area contributed by atoms with Gasteiger partial charge in [0.1, 0.15) is 6.61 Å². The van der Waals surface area contributed by atoms with Crippen molar-refractivity contribution in [2.24, 2.45) is 0 Å². The summed E-state index contributed by atoms with van der Waals surface area (Å²) in [6, 6.07) is 16.0. The molecule has 22 heavy (non-hydrogen) atoms. The van der Waals surface area contributed by atoms with Crippen molar-refractivity contribution >= 4 is 26.7 Å². The molecule has 2 heterocycles. The molecule has 110 valence electrons. The lowest BCUT2D eigenvalue weighted by atomic mass is 9.95. The second-order valence-electron chi connectivity index (χ2n) is 5.41. The highest BCUT2D eigenvalue weighted by atomic mass is 79.9. The maximum atomic E-state index is 12.7. The van der Waals surface area contributed by atoms with Crippen molar-refractivity contribution in [1.82, 2.24) is 4.73 Å². The van der Waals surface area contributed by atoms with E-state index in [0.29, 0.717) is 12.0 Å². The summed E-state index contributed by atoms with van der Waals surface area (Å²) in [4.78, 5) is 18.3. The standard InChI is InChI=1S/C18H14BrNO2/c19-13-8-9-14-15(11-13)17(12-5-2-1-3-6-12)16-7-4-10-22-20(16)18(14)21/h1-3,5-6,8-9,11H,4,7,10H2. The molecule has 0 saturated carbocycles. The average Bonchev–Trinajstić information content (AvgIpc) is 2.56. The van der Waals surface area contributed by atoms with Gasteiger partial charge in [0.25, 0.3) is 5.56 Å². The first-order chi connectivity index (χ1) is 10.8. The van der Waals surface area contributed by atoms with Crippen LogP contribution in [0.5, 0.6) is 0 Å². The van der Waals surface area contributed by atoms with Gasteiger partial charge in [-0.05, 0) is 42.0 Å². The van der Waals surface area contributed by atoms with Crippen molar-refractivity contribution in [3.63, 3.8) is 0 Å². The largest absolute Gasteiger partial charge is 0.411 e. The molecule has 2 aromatic carbocycles. The van der Waals surface area contributed by atoms with Crippen LogP contribution in [0.4, 0.5) is 0 Å². The molecule has 1 aliphatic rings. The zero-order valence-electron chi connectivity index (χ0n) is 11.9. The minimum atomic E-state index is -0.0723. The summed E-state index contributed by atoms with van der Waals surface area (Å²) < 4.78 is 2.46. The molecule has 3 nitrogen and oxygen atoms in total. The van der Waals surface area contributed by atoms with E-state index in [2.05, 4.69) is 28.1 Å². The van der Waals surface area contributed by atoms with Crippen LogP contribution >= 0.6 is 15.9 Å². The Morgan fingerprint density at radius 3 is 2.68 bits per heavy atom. The predicted octanol–water partition coefficient (Wildman–Crippen LogP) is 3.81. The van der Waals surface area contributed by atoms with E-state index in [0.717, 1.165) is 39.5 Å². The number of pyridine rings is 1. The van der Waals surface area contributed by atoms with E-state index >= 15 is 0 Å². The van der Waals surface area contributed by atoms with Crippen molar-refractivity contribution in [3.8, 4) is 11.1 Å². The molecule has 4 rings (SSSR count). The summed E-state index contributed by atoms with van der Waals surface area (Å²) in [6.07, 6.45) is 1.78. The van der Waals surface area contributed by atoms with E-state index < -0.39 is 0 Å². The number of halogens is 1. The quantitative estimate of drug-likeness (QED) is 0.664. The van der Waals surface area contributed by atoms with Crippen molar-refractivity contribution in [2.75, 3.05) is 6.61 Å². The zero-order chi connectivity index (χ0) is 15.1. The van der Waals surface area contributed by atoms with Crippen LogP contribution in [0.2, 0.25) is 0 Å². The minimum Gasteiger partial charge on any atom is -0.411 e. The summed E-state index contributed by atoms with van der Waals surface area (Å²) >= 11 is 3.52. The molecule has 3 aromatic rings. The maximum absolute atomic E-state index is 12.7. The van der Waals surface area contributed by atoms with Gasteiger partial charge < -0.3 is 4.84 Å². The number of nitrogens with zero attached hydrogens (tertiary/aromatic N) is 1. The number of aromatic nitrogens is 1. The van der Waals surface area contributed by atoms with Crippen LogP contribution in [0.3, 0.4) is 0 Å². The molecule has 0 unspecified atom stereocenters. The molecule has 1 aliphatic heterocycles. The number of hydrogen-bond donors (Lipinski definition) is 0. The van der Waals surface area contributed by atoms with Crippen molar-refractivity contribution < 1.29 is 4.84 Å². The van der Waals surface area contributed by atoms with Crippen LogP contribution in [0, 0.1) is 0 Å². The van der Waals surface area contributed by atoms with Crippen LogP contribution in [0.25, 0.3) is 21.9 Å². The Morgan fingerprint density at radius 2 is 1.86 bits per heavy atom. The first-order valence-corrected chi connectivity index (χ1v) is 8.11. The Kier molecular flexibility index (Phi) is 3.26. The van der Waals surface area contributed by atoms with Gasteiger partial charge in [0.2, 0.25) is 0 Å². The van der Waals surface area contributed by atoms with Gasteiger partial charge in [-0.3, -0.25) is 4.79 Å². The molecule has 0 bridgehead atoms. The molecule has 0 amide bonds. The molecular formula is C18H14BrNO2. The van der Waals surface area contributed by atoms with Gasteiger partial charge >= 0.3 is 0 Å². The van der Waals surface area contributed by atoms with Gasteiger partial charge in [-0.15, -0.1) is 4.73 Å². The molecule has 0 fully saturated rings. The third kappa shape index (κ3) is 2.06. The number of fused-ring (bicyclic) bond motifs is 2. The van der Waals surface area contributed by atoms with Crippen LogP contribution in [-0.4, -0.2) is 11.3 Å². The highest BCUT2D eigenvalue weighted by Crippen LogP contribution is 2.33. The highest BCUT2D eigenvalue weighted by Gasteiger charge is 2.21. The van der Waals surface area contributed by atoms with Gasteiger partial charge in [-0.2, -0.15) is 0 Å². The van der Waals surface area contributed by atoms with Gasteiger partial charge in [0.05, 0.1) is 11.1 Å². The fourth-order valence-corrected chi connectivity index (χ4v) is 3.45. The number of benzene rings is 2. The lowest BCUT2D eigenvalue weighted by Crippen LogP contribution is -2.34. The second kappa shape index (κ2) is 5.29. The Morgan fingerprint density at radius 1 is 1.05 bits per heavy atom. The lowest BCUT2D eigenvalue weighted by Gasteiger charge is -2.23. The molecule has 0 N–H and O–H groups in total. The number of hydrogen-bond acceptors (Lipinski definition) is 2. The first-order valence-electron chi connectivity index (χ1n) is 7.31. The van der Waals surface area contributed by atoms with E-state index in [4.69, 9.17) is 4.84 Å². The van der Waals surface area contributed by atoms with Gasteiger partial charge in [0, 0.05) is 10.0 Å². The molecule has 0 aliphatic carbocycles. The molecule has 0 spiro atoms. The van der Waals surface area contributed by atoms with E-state index in [1.54, 1.807) is 0 Å². The zero-order valence-corrected chi connectivity index (χ0v) is 13.5. The van der Waals surface area contributed by atoms with E-state index in [1.165, 1.54) is 4.73 Å². The van der Waals surface area contributed by atoms with Crippen LogP contribution in [-0.2, 0) is 6.42 Å². The lowest BCUT2D eigenvalue weighted by molar-refractivity contribution is 0.0750. The minimum absolute atomic E-state index is 0.0723. The normalized spacial score (nSPS) is 13.7. The average molecular weight is 356 g/mol. The topological polar surface area (TPSA) is 31.2 Å². The van der Waals surface area contributed by atoms with Crippen LogP contribution < -0.4 is 10.4 Å². The summed E-state index contributed by atoms with van der Waals surface area (Å²) in [7, 11) is 0. The molecule has 0 atom stereocenters. The second-order valence-corrected chi connectivity index (χ2v) is 6.33. The predicted molar refractivity (Wildman–Crippen MR) is 91.1 cm³/mol. The van der Waals surface area contributed by atoms with Crippen molar-refractivity contribution in [1.29, 1.82) is 0 Å². The Hall–Kier alpha value is -2.07. The maximum Gasteiger partial charge on any atom is 0.291 e. The van der Waals surface area contributed by atoms with Gasteiger partial charge in [-0.25, -0.2) is 0 Å². The van der Waals surface area contributed by atoms with Crippen LogP contribution in [0.1, 0.15) is 12.1 Å². The molecule has 4 heteroatoms. The summed E-state index contributed by atoms with van der Waals surface area (Å²) in [5.74, 6) is 0. The third-order valence-electron chi connectivity index (χ3n) is 4.04. The van der Waals surface area contributed by atoms with E-state index in [1.807, 2.05) is 36.4 Å². The fourth-order valence-electron chi connectivity index (χ4n) is 3.08. The van der Waals surface area contributed by atoms with Gasteiger partial charge in [-0.1, -0.05) is 46.3 Å². The molecule has 0 radical (unpaired) electrons. The first kappa shape index (κ1) is 13.6. The Balaban J connectivity index is 2.19. The summed E-state index contributed by atoms with van der Waals surface area (Å²) in [6.45, 7) is 0.586. The van der Waals surface area contributed by atoms with E-state index in [-0.39, 0.29) is 5.56 Å². The molecular weight excluding hydrogens is 342 g/mol. The van der Waals surface area contributed by atoms with Crippen molar-refractivity contribution in [3.05, 3.63) is 69.1 Å². The molecule has 0 saturated heterocycles. The van der Waals surface area contributed by atoms with Gasteiger partial charge in [0.15, 0.2) is 0 Å². The van der Waals surface area contributed by atoms with Crippen molar-refractivity contribution in [2.45, 2.75) is 12.8 Å². The smallest absolute Gasteiger partial charge is 0.291 e. The third-order valence-corrected chi connectivity index (χ3v) is 4.53. The van der Waals surface area contributed by atoms with E-state index in [9.17, 15) is 4.79 Å². The SMILES string of the molecule is O=c1c2ccc(Br)cc2c(-c2ccccc2)c2n1OCCC2. The summed E-state index contributed by atoms with van der Waals surface area (Å²) in [5.41, 5.74) is 3.10. The van der Waals surface area contributed by atoms with Crippen LogP contribution in [0.15, 0.2) is 57.8 Å². The highest BCUT2D eigenvalue weighted by molar-refractivity contribution is 9.10. The fraction of sp³-hybridized carbons (Fsp3) is 0.167. The Labute approximate surface area is 136 Å². The Bertz CT molecular complexity index is 916. The number of rotatable bonds is 1.